The van der Waals surface area contributed by atoms with Gasteiger partial charge in [-0.2, -0.15) is 0 Å². The fourth-order valence-corrected chi connectivity index (χ4v) is 4.96. The molecule has 0 aliphatic heterocycles. The SMILES string of the molecule is Cn1c2c3c(ccc2n2c4ccccc4nc12)c1ccccc1n3-c1ccccc1. The van der Waals surface area contributed by atoms with Crippen molar-refractivity contribution in [2.45, 2.75) is 0 Å². The van der Waals surface area contributed by atoms with Crippen LogP contribution in [0, 0.1) is 0 Å². The molecule has 0 amide bonds. The molecule has 142 valence electrons. The molecule has 4 aromatic carbocycles. The number of rotatable bonds is 1. The third-order valence-corrected chi connectivity index (χ3v) is 6.22. The summed E-state index contributed by atoms with van der Waals surface area (Å²) in [5, 5.41) is 2.53. The first kappa shape index (κ1) is 15.8. The monoisotopic (exact) mass is 386 g/mol. The second-order valence-corrected chi connectivity index (χ2v) is 7.81. The van der Waals surface area contributed by atoms with Crippen LogP contribution in [0.15, 0.2) is 91.0 Å². The van der Waals surface area contributed by atoms with Gasteiger partial charge in [0.1, 0.15) is 0 Å². The smallest absolute Gasteiger partial charge is 0.215 e. The van der Waals surface area contributed by atoms with E-state index in [2.05, 4.69) is 106 Å². The predicted octanol–water partition coefficient (Wildman–Crippen LogP) is 6.08. The molecule has 0 radical (unpaired) electrons. The lowest BCUT2D eigenvalue weighted by atomic mass is 10.1. The molecule has 7 aromatic rings. The van der Waals surface area contributed by atoms with Gasteiger partial charge < -0.3 is 9.13 Å². The van der Waals surface area contributed by atoms with Gasteiger partial charge in [-0.15, -0.1) is 0 Å². The zero-order chi connectivity index (χ0) is 19.8. The van der Waals surface area contributed by atoms with E-state index >= 15 is 0 Å². The highest BCUT2D eigenvalue weighted by Gasteiger charge is 2.20. The minimum atomic E-state index is 0.962. The van der Waals surface area contributed by atoms with Crippen LogP contribution in [0.3, 0.4) is 0 Å². The van der Waals surface area contributed by atoms with Crippen LogP contribution < -0.4 is 0 Å². The molecule has 0 bridgehead atoms. The molecule has 7 rings (SSSR count). The van der Waals surface area contributed by atoms with Crippen molar-refractivity contribution in [2.75, 3.05) is 0 Å². The van der Waals surface area contributed by atoms with Crippen LogP contribution >= 0.6 is 0 Å². The molecule has 0 saturated heterocycles. The quantitative estimate of drug-likeness (QED) is 0.336. The van der Waals surface area contributed by atoms with Gasteiger partial charge >= 0.3 is 0 Å². The molecule has 0 saturated carbocycles. The van der Waals surface area contributed by atoms with Crippen molar-refractivity contribution >= 4 is 49.7 Å². The zero-order valence-electron chi connectivity index (χ0n) is 16.4. The molecule has 0 N–H and O–H groups in total. The van der Waals surface area contributed by atoms with Gasteiger partial charge in [-0.05, 0) is 42.5 Å². The number of fused-ring (bicyclic) bond motifs is 9. The molecule has 0 atom stereocenters. The molecule has 0 aliphatic carbocycles. The number of hydrogen-bond acceptors (Lipinski definition) is 1. The number of benzene rings is 4. The number of para-hydroxylation sites is 4. The minimum Gasteiger partial charge on any atom is -0.311 e. The first-order valence-electron chi connectivity index (χ1n) is 10.2. The number of aryl methyl sites for hydroxylation is 1. The van der Waals surface area contributed by atoms with E-state index < -0.39 is 0 Å². The van der Waals surface area contributed by atoms with Gasteiger partial charge in [0.25, 0.3) is 0 Å². The highest BCUT2D eigenvalue weighted by atomic mass is 15.2. The third-order valence-electron chi connectivity index (χ3n) is 6.22. The van der Waals surface area contributed by atoms with Gasteiger partial charge in [-0.3, -0.25) is 4.40 Å². The predicted molar refractivity (Wildman–Crippen MR) is 124 cm³/mol. The summed E-state index contributed by atoms with van der Waals surface area (Å²) in [4.78, 5) is 4.93. The van der Waals surface area contributed by atoms with Crippen molar-refractivity contribution in [1.82, 2.24) is 18.5 Å². The van der Waals surface area contributed by atoms with Crippen molar-refractivity contribution in [3.8, 4) is 5.69 Å². The number of hydrogen-bond donors (Lipinski definition) is 0. The van der Waals surface area contributed by atoms with Crippen LogP contribution in [-0.4, -0.2) is 18.5 Å². The average Bonchev–Trinajstić information content (AvgIpc) is 3.42. The second-order valence-electron chi connectivity index (χ2n) is 7.81. The van der Waals surface area contributed by atoms with Crippen LogP contribution in [-0.2, 0) is 7.05 Å². The Morgan fingerprint density at radius 3 is 2.20 bits per heavy atom. The van der Waals surface area contributed by atoms with Gasteiger partial charge in [0, 0.05) is 23.5 Å². The lowest BCUT2D eigenvalue weighted by Crippen LogP contribution is -1.96. The van der Waals surface area contributed by atoms with Crippen molar-refractivity contribution in [1.29, 1.82) is 0 Å². The summed E-state index contributed by atoms with van der Waals surface area (Å²) in [5.41, 5.74) is 8.13. The number of aromatic nitrogens is 4. The Bertz CT molecular complexity index is 1750. The van der Waals surface area contributed by atoms with Crippen LogP contribution in [0.2, 0.25) is 0 Å². The molecule has 3 aromatic heterocycles. The summed E-state index contributed by atoms with van der Waals surface area (Å²) in [6.07, 6.45) is 0. The van der Waals surface area contributed by atoms with Crippen LogP contribution in [0.5, 0.6) is 0 Å². The molecule has 30 heavy (non-hydrogen) atoms. The van der Waals surface area contributed by atoms with Crippen molar-refractivity contribution in [3.05, 3.63) is 91.0 Å². The van der Waals surface area contributed by atoms with E-state index in [9.17, 15) is 0 Å². The molecule has 4 nitrogen and oxygen atoms in total. The van der Waals surface area contributed by atoms with Crippen molar-refractivity contribution in [3.63, 3.8) is 0 Å². The van der Waals surface area contributed by atoms with E-state index in [4.69, 9.17) is 4.98 Å². The average molecular weight is 386 g/mol. The lowest BCUT2D eigenvalue weighted by Gasteiger charge is -2.09. The Morgan fingerprint density at radius 1 is 0.600 bits per heavy atom. The topological polar surface area (TPSA) is 27.2 Å². The Labute approximate surface area is 172 Å². The molecular formula is C26H18N4. The Hall–Kier alpha value is -4.05. The maximum atomic E-state index is 4.93. The van der Waals surface area contributed by atoms with E-state index in [-0.39, 0.29) is 0 Å². The molecular weight excluding hydrogens is 368 g/mol. The standard InChI is InChI=1S/C26H18N4/c1-28-25-23(30-22-14-8-6-12-20(22)27-26(28)30)16-15-19-18-11-5-7-13-21(18)29(24(19)25)17-9-3-2-4-10-17/h2-16H,1H3. The van der Waals surface area contributed by atoms with Gasteiger partial charge in [-0.25, -0.2) is 4.98 Å². The van der Waals surface area contributed by atoms with Crippen LogP contribution in [0.25, 0.3) is 55.3 Å². The summed E-state index contributed by atoms with van der Waals surface area (Å²) >= 11 is 0. The molecule has 0 fully saturated rings. The molecule has 3 heterocycles. The van der Waals surface area contributed by atoms with Crippen molar-refractivity contribution in [2.24, 2.45) is 7.05 Å². The lowest BCUT2D eigenvalue weighted by molar-refractivity contribution is 0.973. The second kappa shape index (κ2) is 5.51. The van der Waals surface area contributed by atoms with E-state index in [0.717, 1.165) is 16.8 Å². The van der Waals surface area contributed by atoms with E-state index in [0.29, 0.717) is 0 Å². The Morgan fingerprint density at radius 2 is 1.33 bits per heavy atom. The van der Waals surface area contributed by atoms with Crippen molar-refractivity contribution < 1.29 is 0 Å². The largest absolute Gasteiger partial charge is 0.311 e. The summed E-state index contributed by atoms with van der Waals surface area (Å²) in [5.74, 6) is 0.962. The Kier molecular flexibility index (Phi) is 2.91. The maximum absolute atomic E-state index is 4.93. The summed E-state index contributed by atoms with van der Waals surface area (Å²) in [6.45, 7) is 0. The summed E-state index contributed by atoms with van der Waals surface area (Å²) < 4.78 is 6.89. The molecule has 0 spiro atoms. The summed E-state index contributed by atoms with van der Waals surface area (Å²) in [7, 11) is 2.12. The first-order chi connectivity index (χ1) is 14.8. The highest BCUT2D eigenvalue weighted by Crippen LogP contribution is 2.38. The summed E-state index contributed by atoms with van der Waals surface area (Å²) in [6, 6.07) is 32.1. The van der Waals surface area contributed by atoms with Gasteiger partial charge in [0.2, 0.25) is 5.78 Å². The maximum Gasteiger partial charge on any atom is 0.215 e. The number of imidazole rings is 2. The van der Waals surface area contributed by atoms with E-state index in [1.165, 1.54) is 38.5 Å². The molecule has 0 aliphatic rings. The van der Waals surface area contributed by atoms with Gasteiger partial charge in [0.15, 0.2) is 0 Å². The molecule has 4 heteroatoms. The molecule has 0 unspecified atom stereocenters. The van der Waals surface area contributed by atoms with Crippen LogP contribution in [0.4, 0.5) is 0 Å². The first-order valence-corrected chi connectivity index (χ1v) is 10.2. The van der Waals surface area contributed by atoms with E-state index in [1.54, 1.807) is 0 Å². The van der Waals surface area contributed by atoms with Gasteiger partial charge in [0.05, 0.1) is 33.1 Å². The highest BCUT2D eigenvalue weighted by molar-refractivity contribution is 6.18. The van der Waals surface area contributed by atoms with Gasteiger partial charge in [-0.1, -0.05) is 48.5 Å². The van der Waals surface area contributed by atoms with E-state index in [1.807, 2.05) is 6.07 Å². The zero-order valence-corrected chi connectivity index (χ0v) is 16.4. The van der Waals surface area contributed by atoms with Crippen LogP contribution in [0.1, 0.15) is 0 Å². The normalized spacial score (nSPS) is 12.2. The fraction of sp³-hybridized carbons (Fsp3) is 0.0385. The minimum absolute atomic E-state index is 0.962. The third kappa shape index (κ3) is 1.83. The fourth-order valence-electron chi connectivity index (χ4n) is 4.96. The Balaban J connectivity index is 1.79. The number of nitrogens with zero attached hydrogens (tertiary/aromatic N) is 4.